The molecule has 0 unspecified atom stereocenters. The molecule has 0 spiro atoms. The summed E-state index contributed by atoms with van der Waals surface area (Å²) in [5.74, 6) is -0.628. The molecule has 4 rings (SSSR count). The number of hydrogen-bond donors (Lipinski definition) is 1. The van der Waals surface area contributed by atoms with Crippen LogP contribution < -0.4 is 14.4 Å². The first-order valence-electron chi connectivity index (χ1n) is 15.4. The second-order valence-corrected chi connectivity index (χ2v) is 13.8. The Morgan fingerprint density at radius 2 is 1.40 bits per heavy atom. The Morgan fingerprint density at radius 1 is 0.809 bits per heavy atom. The van der Waals surface area contributed by atoms with Crippen molar-refractivity contribution in [3.63, 3.8) is 0 Å². The molecule has 0 aliphatic carbocycles. The first-order chi connectivity index (χ1) is 22.5. The van der Waals surface area contributed by atoms with E-state index >= 15 is 0 Å². The van der Waals surface area contributed by atoms with E-state index in [9.17, 15) is 18.0 Å². The minimum absolute atomic E-state index is 0.0311. The molecule has 248 valence electrons. The van der Waals surface area contributed by atoms with Gasteiger partial charge >= 0.3 is 0 Å². The molecule has 47 heavy (non-hydrogen) atoms. The molecule has 0 aliphatic heterocycles. The summed E-state index contributed by atoms with van der Waals surface area (Å²) < 4.78 is 35.4. The molecule has 8 nitrogen and oxygen atoms in total. The molecule has 0 radical (unpaired) electrons. The molecule has 0 bridgehead atoms. The Kier molecular flexibility index (Phi) is 12.7. The smallest absolute Gasteiger partial charge is 0.264 e. The molecule has 2 amide bonds. The minimum Gasteiger partial charge on any atom is -0.492 e. The molecule has 0 aliphatic rings. The van der Waals surface area contributed by atoms with Gasteiger partial charge in [0.1, 0.15) is 18.3 Å². The number of amides is 2. The van der Waals surface area contributed by atoms with Crippen LogP contribution in [0.3, 0.4) is 0 Å². The average Bonchev–Trinajstić information content (AvgIpc) is 3.07. The molecule has 0 fully saturated rings. The first-order valence-corrected chi connectivity index (χ1v) is 17.6. The van der Waals surface area contributed by atoms with Crippen LogP contribution in [0.5, 0.6) is 5.75 Å². The van der Waals surface area contributed by atoms with E-state index in [1.807, 2.05) is 44.2 Å². The normalized spacial score (nSPS) is 12.5. The van der Waals surface area contributed by atoms with E-state index in [1.165, 1.54) is 29.2 Å². The quantitative estimate of drug-likeness (QED) is 0.143. The van der Waals surface area contributed by atoms with Gasteiger partial charge in [-0.25, -0.2) is 8.42 Å². The highest BCUT2D eigenvalue weighted by atomic mass is 35.5. The second kappa shape index (κ2) is 16.7. The lowest BCUT2D eigenvalue weighted by Crippen LogP contribution is -2.54. The topological polar surface area (TPSA) is 96.0 Å². The van der Waals surface area contributed by atoms with Crippen molar-refractivity contribution >= 4 is 50.7 Å². The van der Waals surface area contributed by atoms with Crippen molar-refractivity contribution in [3.05, 3.63) is 124 Å². The number of anilines is 1. The third-order valence-corrected chi connectivity index (χ3v) is 9.93. The molecule has 4 aromatic carbocycles. The third kappa shape index (κ3) is 9.50. The minimum atomic E-state index is -4.32. The van der Waals surface area contributed by atoms with Crippen LogP contribution >= 0.6 is 23.2 Å². The SMILES string of the molecule is CCOc1ccccc1N(CC(=O)N(Cc1ccc(Cl)cc1)[C@@H](Cc1ccccc1)C(=O)N[C@@H](C)CC)S(=O)(=O)c1ccc(Cl)cc1. The second-order valence-electron chi connectivity index (χ2n) is 11.0. The number of rotatable bonds is 15. The molecule has 0 aromatic heterocycles. The van der Waals surface area contributed by atoms with Crippen LogP contribution in [0.25, 0.3) is 0 Å². The fourth-order valence-electron chi connectivity index (χ4n) is 4.97. The number of ether oxygens (including phenoxy) is 1. The zero-order chi connectivity index (χ0) is 34.0. The van der Waals surface area contributed by atoms with E-state index in [0.717, 1.165) is 15.4 Å². The van der Waals surface area contributed by atoms with Crippen molar-refractivity contribution in [1.82, 2.24) is 10.2 Å². The van der Waals surface area contributed by atoms with Crippen molar-refractivity contribution in [2.45, 2.75) is 57.1 Å². The number of sulfonamides is 1. The number of benzene rings is 4. The lowest BCUT2D eigenvalue weighted by Gasteiger charge is -2.34. The number of hydrogen-bond acceptors (Lipinski definition) is 5. The van der Waals surface area contributed by atoms with Gasteiger partial charge in [-0.2, -0.15) is 0 Å². The summed E-state index contributed by atoms with van der Waals surface area (Å²) in [5, 5.41) is 3.92. The van der Waals surface area contributed by atoms with Gasteiger partial charge in [0, 0.05) is 29.1 Å². The van der Waals surface area contributed by atoms with Crippen molar-refractivity contribution in [2.75, 3.05) is 17.5 Å². The highest BCUT2D eigenvalue weighted by molar-refractivity contribution is 7.92. The molecular formula is C36H39Cl2N3O5S. The standard InChI is InChI=1S/C36H39Cl2N3O5S/c1-4-26(3)39-36(43)33(23-27-11-7-6-8-12-27)40(24-28-15-17-29(37)18-16-28)35(42)25-41(32-13-9-10-14-34(32)46-5-2)47(44,45)31-21-19-30(38)20-22-31/h6-22,26,33H,4-5,23-25H2,1-3H3,(H,39,43)/t26-,33-/m0/s1. The highest BCUT2D eigenvalue weighted by Gasteiger charge is 2.35. The zero-order valence-corrected chi connectivity index (χ0v) is 28.9. The Bertz CT molecular complexity index is 1740. The lowest BCUT2D eigenvalue weighted by molar-refractivity contribution is -0.140. The van der Waals surface area contributed by atoms with E-state index < -0.39 is 28.5 Å². The van der Waals surface area contributed by atoms with Crippen molar-refractivity contribution in [1.29, 1.82) is 0 Å². The molecule has 0 saturated carbocycles. The first kappa shape index (κ1) is 35.8. The van der Waals surface area contributed by atoms with E-state index in [1.54, 1.807) is 55.5 Å². The Balaban J connectivity index is 1.84. The van der Waals surface area contributed by atoms with Gasteiger partial charge in [-0.1, -0.05) is 84.7 Å². The van der Waals surface area contributed by atoms with Gasteiger partial charge in [0.15, 0.2) is 0 Å². The molecular weight excluding hydrogens is 657 g/mol. The summed E-state index contributed by atoms with van der Waals surface area (Å²) in [5.41, 5.74) is 1.75. The number of carbonyl (C=O) groups is 2. The van der Waals surface area contributed by atoms with E-state index in [4.69, 9.17) is 27.9 Å². The van der Waals surface area contributed by atoms with Crippen LogP contribution in [0.4, 0.5) is 5.69 Å². The maximum atomic E-state index is 14.6. The van der Waals surface area contributed by atoms with Crippen molar-refractivity contribution < 1.29 is 22.7 Å². The van der Waals surface area contributed by atoms with E-state index in [-0.39, 0.29) is 42.1 Å². The summed E-state index contributed by atoms with van der Waals surface area (Å²) in [4.78, 5) is 30.0. The molecule has 4 aromatic rings. The summed E-state index contributed by atoms with van der Waals surface area (Å²) >= 11 is 12.2. The van der Waals surface area contributed by atoms with Gasteiger partial charge in [-0.05, 0) is 79.9 Å². The van der Waals surface area contributed by atoms with Crippen LogP contribution in [-0.4, -0.2) is 50.4 Å². The van der Waals surface area contributed by atoms with Crippen LogP contribution in [0.2, 0.25) is 10.0 Å². The molecule has 0 heterocycles. The molecule has 0 saturated heterocycles. The van der Waals surface area contributed by atoms with Crippen molar-refractivity contribution in [3.8, 4) is 5.75 Å². The number of nitrogens with one attached hydrogen (secondary N) is 1. The summed E-state index contributed by atoms with van der Waals surface area (Å²) in [6.07, 6.45) is 0.901. The fraction of sp³-hybridized carbons (Fsp3) is 0.278. The van der Waals surface area contributed by atoms with Gasteiger partial charge in [-0.15, -0.1) is 0 Å². The highest BCUT2D eigenvalue weighted by Crippen LogP contribution is 2.33. The van der Waals surface area contributed by atoms with Crippen molar-refractivity contribution in [2.24, 2.45) is 0 Å². The van der Waals surface area contributed by atoms with Crippen LogP contribution in [0.15, 0.2) is 108 Å². The number of para-hydroxylation sites is 2. The van der Waals surface area contributed by atoms with Gasteiger partial charge in [0.2, 0.25) is 11.8 Å². The molecule has 1 N–H and O–H groups in total. The Morgan fingerprint density at radius 3 is 2.02 bits per heavy atom. The molecule has 11 heteroatoms. The zero-order valence-electron chi connectivity index (χ0n) is 26.6. The number of carbonyl (C=O) groups excluding carboxylic acids is 2. The summed E-state index contributed by atoms with van der Waals surface area (Å²) in [6, 6.07) is 27.7. The van der Waals surface area contributed by atoms with Crippen LogP contribution in [0.1, 0.15) is 38.3 Å². The molecule has 2 atom stereocenters. The summed E-state index contributed by atoms with van der Waals surface area (Å²) in [6.45, 7) is 5.35. The predicted octanol–water partition coefficient (Wildman–Crippen LogP) is 7.14. The van der Waals surface area contributed by atoms with E-state index in [2.05, 4.69) is 5.32 Å². The van der Waals surface area contributed by atoms with Gasteiger partial charge in [-0.3, -0.25) is 13.9 Å². The Labute approximate surface area is 287 Å². The van der Waals surface area contributed by atoms with Gasteiger partial charge < -0.3 is 15.0 Å². The third-order valence-electron chi connectivity index (χ3n) is 7.65. The van der Waals surface area contributed by atoms with Crippen LogP contribution in [-0.2, 0) is 32.6 Å². The monoisotopic (exact) mass is 695 g/mol. The largest absolute Gasteiger partial charge is 0.492 e. The summed E-state index contributed by atoms with van der Waals surface area (Å²) in [7, 11) is -4.32. The maximum absolute atomic E-state index is 14.6. The predicted molar refractivity (Wildman–Crippen MR) is 187 cm³/mol. The number of nitrogens with zero attached hydrogens (tertiary/aromatic N) is 2. The Hall–Kier alpha value is -4.05. The van der Waals surface area contributed by atoms with Gasteiger partial charge in [0.25, 0.3) is 10.0 Å². The van der Waals surface area contributed by atoms with Gasteiger partial charge in [0.05, 0.1) is 17.2 Å². The lowest BCUT2D eigenvalue weighted by atomic mass is 10.0. The number of halogens is 2. The maximum Gasteiger partial charge on any atom is 0.264 e. The van der Waals surface area contributed by atoms with Crippen LogP contribution in [0, 0.1) is 0 Å². The fourth-order valence-corrected chi connectivity index (χ4v) is 6.65. The van der Waals surface area contributed by atoms with E-state index in [0.29, 0.717) is 22.2 Å². The average molecular weight is 697 g/mol.